The topological polar surface area (TPSA) is 56.5 Å². The molecule has 0 radical (unpaired) electrons. The lowest BCUT2D eigenvalue weighted by Crippen LogP contribution is -1.96. The van der Waals surface area contributed by atoms with Crippen molar-refractivity contribution in [3.05, 3.63) is 38.5 Å². The van der Waals surface area contributed by atoms with Crippen LogP contribution in [0.4, 0.5) is 5.69 Å². The van der Waals surface area contributed by atoms with Gasteiger partial charge in [0.2, 0.25) is 0 Å². The van der Waals surface area contributed by atoms with Gasteiger partial charge in [-0.3, -0.25) is 0 Å². The van der Waals surface area contributed by atoms with Crippen molar-refractivity contribution in [2.75, 3.05) is 5.32 Å². The highest BCUT2D eigenvalue weighted by Gasteiger charge is 2.01. The van der Waals surface area contributed by atoms with Gasteiger partial charge in [-0.2, -0.15) is 0 Å². The maximum atomic E-state index is 5.78. The lowest BCUT2D eigenvalue weighted by molar-refractivity contribution is 1.18. The van der Waals surface area contributed by atoms with E-state index in [4.69, 9.17) is 23.8 Å². The number of imidazole rings is 1. The van der Waals surface area contributed by atoms with Gasteiger partial charge in [-0.25, -0.2) is 4.98 Å². The van der Waals surface area contributed by atoms with E-state index in [1.54, 1.807) is 6.20 Å². The van der Waals surface area contributed by atoms with Gasteiger partial charge in [-0.1, -0.05) is 11.6 Å². The molecule has 0 bridgehead atoms. The zero-order valence-corrected chi connectivity index (χ0v) is 11.5. The van der Waals surface area contributed by atoms with Crippen LogP contribution in [-0.2, 0) is 6.54 Å². The summed E-state index contributed by atoms with van der Waals surface area (Å²) in [5.74, 6) is 0. The van der Waals surface area contributed by atoms with Crippen LogP contribution in [0.2, 0.25) is 4.47 Å². The molecule has 3 aromatic rings. The molecule has 0 aliphatic carbocycles. The van der Waals surface area contributed by atoms with Gasteiger partial charge in [0.25, 0.3) is 0 Å². The molecule has 4 nitrogen and oxygen atoms in total. The molecule has 92 valence electrons. The van der Waals surface area contributed by atoms with Gasteiger partial charge in [0.05, 0.1) is 17.6 Å². The monoisotopic (exact) mass is 296 g/mol. The Labute approximate surface area is 117 Å². The van der Waals surface area contributed by atoms with Gasteiger partial charge < -0.3 is 15.3 Å². The van der Waals surface area contributed by atoms with E-state index in [0.29, 0.717) is 15.8 Å². The molecule has 0 amide bonds. The van der Waals surface area contributed by atoms with Crippen molar-refractivity contribution in [3.63, 3.8) is 0 Å². The fourth-order valence-corrected chi connectivity index (χ4v) is 2.83. The maximum absolute atomic E-state index is 5.78. The molecular formula is C11H9ClN4S2. The summed E-state index contributed by atoms with van der Waals surface area (Å²) in [7, 11) is 0. The SMILES string of the molecule is S=c1[nH]c2ccc(NCc3cnc(Cl)s3)cc2[nH]1. The zero-order valence-electron chi connectivity index (χ0n) is 9.16. The van der Waals surface area contributed by atoms with Crippen LogP contribution in [0.1, 0.15) is 4.88 Å². The number of rotatable bonds is 3. The van der Waals surface area contributed by atoms with Crippen molar-refractivity contribution in [1.82, 2.24) is 15.0 Å². The summed E-state index contributed by atoms with van der Waals surface area (Å²) in [6.07, 6.45) is 1.78. The van der Waals surface area contributed by atoms with Crippen LogP contribution in [-0.4, -0.2) is 15.0 Å². The normalized spacial score (nSPS) is 10.9. The molecule has 0 aliphatic heterocycles. The molecule has 2 heterocycles. The summed E-state index contributed by atoms with van der Waals surface area (Å²) in [5, 5.41) is 3.32. The third-order valence-corrected chi connectivity index (χ3v) is 3.83. The van der Waals surface area contributed by atoms with Gasteiger partial charge in [0.1, 0.15) is 0 Å². The predicted molar refractivity (Wildman–Crippen MR) is 77.9 cm³/mol. The minimum atomic E-state index is 0.567. The molecule has 0 aliphatic rings. The number of nitrogens with zero attached hydrogens (tertiary/aromatic N) is 1. The van der Waals surface area contributed by atoms with Crippen LogP contribution in [0.25, 0.3) is 11.0 Å². The number of thiazole rings is 1. The van der Waals surface area contributed by atoms with Gasteiger partial charge in [0.15, 0.2) is 9.24 Å². The number of hydrogen-bond acceptors (Lipinski definition) is 4. The second kappa shape index (κ2) is 4.72. The van der Waals surface area contributed by atoms with E-state index in [1.165, 1.54) is 11.3 Å². The van der Waals surface area contributed by atoms with Gasteiger partial charge >= 0.3 is 0 Å². The van der Waals surface area contributed by atoms with Crippen LogP contribution in [0.5, 0.6) is 0 Å². The van der Waals surface area contributed by atoms with Crippen molar-refractivity contribution in [3.8, 4) is 0 Å². The average molecular weight is 297 g/mol. The van der Waals surface area contributed by atoms with Gasteiger partial charge in [-0.05, 0) is 30.4 Å². The summed E-state index contributed by atoms with van der Waals surface area (Å²) in [6, 6.07) is 6.01. The highest BCUT2D eigenvalue weighted by Crippen LogP contribution is 2.20. The molecule has 18 heavy (non-hydrogen) atoms. The van der Waals surface area contributed by atoms with E-state index in [-0.39, 0.29) is 0 Å². The molecule has 3 N–H and O–H groups in total. The lowest BCUT2D eigenvalue weighted by atomic mass is 10.3. The molecule has 1 aromatic carbocycles. The van der Waals surface area contributed by atoms with E-state index in [0.717, 1.165) is 21.6 Å². The molecule has 0 unspecified atom stereocenters. The molecule has 0 saturated carbocycles. The van der Waals surface area contributed by atoms with Crippen molar-refractivity contribution in [2.45, 2.75) is 6.54 Å². The molecule has 7 heteroatoms. The number of aromatic nitrogens is 3. The highest BCUT2D eigenvalue weighted by atomic mass is 35.5. The van der Waals surface area contributed by atoms with Crippen molar-refractivity contribution >= 4 is 51.9 Å². The quantitative estimate of drug-likeness (QED) is 0.642. The smallest absolute Gasteiger partial charge is 0.183 e. The number of benzene rings is 1. The number of aromatic amines is 2. The van der Waals surface area contributed by atoms with Crippen LogP contribution in [0.15, 0.2) is 24.4 Å². The first-order valence-corrected chi connectivity index (χ1v) is 6.87. The fourth-order valence-electron chi connectivity index (χ4n) is 1.70. The first-order chi connectivity index (χ1) is 8.70. The Hall–Kier alpha value is -1.37. The van der Waals surface area contributed by atoms with Crippen molar-refractivity contribution in [2.24, 2.45) is 0 Å². The Morgan fingerprint density at radius 2 is 2.17 bits per heavy atom. The van der Waals surface area contributed by atoms with Crippen LogP contribution >= 0.6 is 35.2 Å². The van der Waals surface area contributed by atoms with Crippen LogP contribution < -0.4 is 5.32 Å². The van der Waals surface area contributed by atoms with E-state index in [2.05, 4.69) is 20.3 Å². The van der Waals surface area contributed by atoms with E-state index >= 15 is 0 Å². The van der Waals surface area contributed by atoms with E-state index in [9.17, 15) is 0 Å². The summed E-state index contributed by atoms with van der Waals surface area (Å²) in [5.41, 5.74) is 3.02. The Morgan fingerprint density at radius 1 is 1.33 bits per heavy atom. The maximum Gasteiger partial charge on any atom is 0.183 e. The zero-order chi connectivity index (χ0) is 12.5. The van der Waals surface area contributed by atoms with Crippen molar-refractivity contribution < 1.29 is 0 Å². The molecule has 0 spiro atoms. The number of fused-ring (bicyclic) bond motifs is 1. The molecular weight excluding hydrogens is 288 g/mol. The minimum Gasteiger partial charge on any atom is -0.380 e. The first-order valence-electron chi connectivity index (χ1n) is 5.27. The minimum absolute atomic E-state index is 0.567. The standard InChI is InChI=1S/C11H9ClN4S2/c12-10-14-5-7(18-10)4-13-6-1-2-8-9(3-6)16-11(17)15-8/h1-3,5,13H,4H2,(H2,15,16,17). The van der Waals surface area contributed by atoms with E-state index in [1.807, 2.05) is 18.2 Å². The Morgan fingerprint density at radius 3 is 2.94 bits per heavy atom. The number of nitrogens with one attached hydrogen (secondary N) is 3. The van der Waals surface area contributed by atoms with Crippen molar-refractivity contribution in [1.29, 1.82) is 0 Å². The third kappa shape index (κ3) is 2.40. The molecule has 0 saturated heterocycles. The largest absolute Gasteiger partial charge is 0.380 e. The van der Waals surface area contributed by atoms with Crippen LogP contribution in [0, 0.1) is 4.77 Å². The molecule has 3 rings (SSSR count). The number of hydrogen-bond donors (Lipinski definition) is 3. The second-order valence-electron chi connectivity index (χ2n) is 3.77. The summed E-state index contributed by atoms with van der Waals surface area (Å²) < 4.78 is 1.20. The fraction of sp³-hybridized carbons (Fsp3) is 0.0909. The molecule has 0 atom stereocenters. The highest BCUT2D eigenvalue weighted by molar-refractivity contribution is 7.71. The van der Waals surface area contributed by atoms with Gasteiger partial charge in [-0.15, -0.1) is 11.3 Å². The summed E-state index contributed by atoms with van der Waals surface area (Å²) in [6.45, 7) is 0.709. The van der Waals surface area contributed by atoms with Gasteiger partial charge in [0, 0.05) is 16.8 Å². The Kier molecular flexibility index (Phi) is 3.07. The van der Waals surface area contributed by atoms with E-state index < -0.39 is 0 Å². The Balaban J connectivity index is 1.80. The first kappa shape index (κ1) is 11.7. The van der Waals surface area contributed by atoms with Crippen LogP contribution in [0.3, 0.4) is 0 Å². The number of halogens is 1. The third-order valence-electron chi connectivity index (χ3n) is 2.51. The molecule has 0 fully saturated rings. The average Bonchev–Trinajstić information content (AvgIpc) is 2.90. The lowest BCUT2D eigenvalue weighted by Gasteiger charge is -2.03. The summed E-state index contributed by atoms with van der Waals surface area (Å²) in [4.78, 5) is 11.3. The second-order valence-corrected chi connectivity index (χ2v) is 5.88. The molecule has 2 aromatic heterocycles. The summed E-state index contributed by atoms with van der Waals surface area (Å²) >= 11 is 12.3. The number of anilines is 1. The Bertz CT molecular complexity index is 743. The number of H-pyrrole nitrogens is 2. The predicted octanol–water partition coefficient (Wildman–Crippen LogP) is 3.95.